The second-order valence-corrected chi connectivity index (χ2v) is 5.18. The minimum Gasteiger partial charge on any atom is -0.356 e. The highest BCUT2D eigenvalue weighted by atomic mass is 35.5. The lowest BCUT2D eigenvalue weighted by atomic mass is 10.1. The fourth-order valence-electron chi connectivity index (χ4n) is 1.56. The van der Waals surface area contributed by atoms with Crippen molar-refractivity contribution < 1.29 is 4.79 Å². The molecule has 1 rings (SSSR count). The summed E-state index contributed by atoms with van der Waals surface area (Å²) in [5.74, 6) is 0.0797. The van der Waals surface area contributed by atoms with Crippen molar-refractivity contribution in [3.05, 3.63) is 35.4 Å². The molecule has 1 unspecified atom stereocenters. The van der Waals surface area contributed by atoms with E-state index in [1.807, 2.05) is 38.1 Å². The molecule has 94 valence electrons. The lowest BCUT2D eigenvalue weighted by molar-refractivity contribution is -0.120. The predicted octanol–water partition coefficient (Wildman–Crippen LogP) is 3.06. The molecular formula is C14H20ClNO. The molecule has 1 aromatic rings. The Balaban J connectivity index is 2.23. The van der Waals surface area contributed by atoms with Crippen molar-refractivity contribution >= 4 is 17.5 Å². The number of amides is 1. The number of carbonyl (C=O) groups is 1. The number of hydrogen-bond acceptors (Lipinski definition) is 1. The van der Waals surface area contributed by atoms with Gasteiger partial charge in [-0.25, -0.2) is 0 Å². The largest absolute Gasteiger partial charge is 0.356 e. The Bertz CT molecular complexity index is 346. The molecule has 0 radical (unpaired) electrons. The van der Waals surface area contributed by atoms with E-state index in [1.165, 1.54) is 5.56 Å². The van der Waals surface area contributed by atoms with Crippen LogP contribution >= 0.6 is 11.6 Å². The van der Waals surface area contributed by atoms with Gasteiger partial charge in [0, 0.05) is 11.9 Å². The van der Waals surface area contributed by atoms with Gasteiger partial charge in [0.15, 0.2) is 0 Å². The zero-order valence-electron chi connectivity index (χ0n) is 10.5. The third-order valence-corrected chi connectivity index (χ3v) is 2.80. The van der Waals surface area contributed by atoms with Crippen molar-refractivity contribution in [3.63, 3.8) is 0 Å². The van der Waals surface area contributed by atoms with Gasteiger partial charge in [0.2, 0.25) is 5.91 Å². The third kappa shape index (κ3) is 6.32. The Labute approximate surface area is 108 Å². The van der Waals surface area contributed by atoms with Gasteiger partial charge in [0.05, 0.1) is 6.42 Å². The molecule has 0 aromatic heterocycles. The van der Waals surface area contributed by atoms with Crippen molar-refractivity contribution in [2.45, 2.75) is 38.5 Å². The molecular weight excluding hydrogens is 234 g/mol. The van der Waals surface area contributed by atoms with Crippen LogP contribution in [0.15, 0.2) is 24.3 Å². The molecule has 1 N–H and O–H groups in total. The van der Waals surface area contributed by atoms with Crippen LogP contribution < -0.4 is 5.32 Å². The van der Waals surface area contributed by atoms with E-state index in [0.717, 1.165) is 18.4 Å². The molecule has 0 saturated heterocycles. The molecule has 1 atom stereocenters. The first-order chi connectivity index (χ1) is 8.08. The molecule has 0 aliphatic heterocycles. The lowest BCUT2D eigenvalue weighted by Crippen LogP contribution is -2.26. The normalized spacial score (nSPS) is 12.2. The number of rotatable bonds is 6. The van der Waals surface area contributed by atoms with Crippen molar-refractivity contribution in [2.24, 2.45) is 0 Å². The molecule has 0 aliphatic carbocycles. The van der Waals surface area contributed by atoms with E-state index >= 15 is 0 Å². The summed E-state index contributed by atoms with van der Waals surface area (Å²) >= 11 is 5.82. The van der Waals surface area contributed by atoms with Gasteiger partial charge in [-0.3, -0.25) is 4.79 Å². The summed E-state index contributed by atoms with van der Waals surface area (Å²) < 4.78 is 0. The molecule has 1 aromatic carbocycles. The van der Waals surface area contributed by atoms with Crippen LogP contribution in [0.1, 0.15) is 30.9 Å². The molecule has 17 heavy (non-hydrogen) atoms. The zero-order valence-corrected chi connectivity index (χ0v) is 11.3. The number of hydrogen-bond donors (Lipinski definition) is 1. The maximum atomic E-state index is 11.6. The zero-order chi connectivity index (χ0) is 12.7. The summed E-state index contributed by atoms with van der Waals surface area (Å²) in [7, 11) is 0. The Morgan fingerprint density at radius 1 is 1.35 bits per heavy atom. The van der Waals surface area contributed by atoms with Gasteiger partial charge in [-0.05, 0) is 32.3 Å². The van der Waals surface area contributed by atoms with Crippen LogP contribution in [0.25, 0.3) is 0 Å². The standard InChI is InChI=1S/C14H20ClNO/c1-11-5-7-13(8-6-11)10-14(17)16-9-3-4-12(2)15/h5-8,12H,3-4,9-10H2,1-2H3,(H,16,17). The van der Waals surface area contributed by atoms with Gasteiger partial charge in [0.1, 0.15) is 0 Å². The summed E-state index contributed by atoms with van der Waals surface area (Å²) in [6.45, 7) is 4.72. The smallest absolute Gasteiger partial charge is 0.224 e. The first-order valence-electron chi connectivity index (χ1n) is 6.04. The van der Waals surface area contributed by atoms with Gasteiger partial charge in [-0.2, -0.15) is 0 Å². The average molecular weight is 254 g/mol. The van der Waals surface area contributed by atoms with E-state index in [1.54, 1.807) is 0 Å². The van der Waals surface area contributed by atoms with Crippen molar-refractivity contribution in [3.8, 4) is 0 Å². The van der Waals surface area contributed by atoms with Crippen LogP contribution in [0, 0.1) is 6.92 Å². The molecule has 3 heteroatoms. The maximum Gasteiger partial charge on any atom is 0.224 e. The topological polar surface area (TPSA) is 29.1 Å². The highest BCUT2D eigenvalue weighted by molar-refractivity contribution is 6.20. The van der Waals surface area contributed by atoms with E-state index < -0.39 is 0 Å². The Morgan fingerprint density at radius 2 is 2.00 bits per heavy atom. The first-order valence-corrected chi connectivity index (χ1v) is 6.48. The number of alkyl halides is 1. The van der Waals surface area contributed by atoms with Gasteiger partial charge >= 0.3 is 0 Å². The highest BCUT2D eigenvalue weighted by Gasteiger charge is 2.03. The van der Waals surface area contributed by atoms with Crippen LogP contribution in [-0.2, 0) is 11.2 Å². The number of aryl methyl sites for hydroxylation is 1. The second-order valence-electron chi connectivity index (χ2n) is 4.44. The third-order valence-electron chi connectivity index (χ3n) is 2.59. The van der Waals surface area contributed by atoms with Gasteiger partial charge in [-0.1, -0.05) is 29.8 Å². The van der Waals surface area contributed by atoms with Gasteiger partial charge in [-0.15, -0.1) is 11.6 Å². The lowest BCUT2D eigenvalue weighted by Gasteiger charge is -2.06. The second kappa shape index (κ2) is 7.33. The minimum atomic E-state index is 0.0797. The van der Waals surface area contributed by atoms with Gasteiger partial charge in [0.25, 0.3) is 0 Å². The number of nitrogens with one attached hydrogen (secondary N) is 1. The summed E-state index contributed by atoms with van der Waals surface area (Å²) in [5, 5.41) is 3.09. The average Bonchev–Trinajstić information content (AvgIpc) is 2.27. The summed E-state index contributed by atoms with van der Waals surface area (Å²) in [6.07, 6.45) is 2.33. The number of halogens is 1. The summed E-state index contributed by atoms with van der Waals surface area (Å²) in [4.78, 5) is 11.6. The van der Waals surface area contributed by atoms with Crippen molar-refractivity contribution in [1.82, 2.24) is 5.32 Å². The molecule has 0 aliphatic rings. The van der Waals surface area contributed by atoms with Crippen LogP contribution in [0.4, 0.5) is 0 Å². The van der Waals surface area contributed by atoms with Crippen LogP contribution in [0.2, 0.25) is 0 Å². The number of carbonyl (C=O) groups excluding carboxylic acids is 1. The first kappa shape index (κ1) is 14.0. The maximum absolute atomic E-state index is 11.6. The van der Waals surface area contributed by atoms with E-state index in [9.17, 15) is 4.79 Å². The fourth-order valence-corrected chi connectivity index (χ4v) is 1.72. The Hall–Kier alpha value is -1.02. The molecule has 0 fully saturated rings. The van der Waals surface area contributed by atoms with E-state index in [4.69, 9.17) is 11.6 Å². The Kier molecular flexibility index (Phi) is 6.06. The summed E-state index contributed by atoms with van der Waals surface area (Å²) in [6, 6.07) is 8.04. The van der Waals surface area contributed by atoms with Crippen LogP contribution in [0.5, 0.6) is 0 Å². The SMILES string of the molecule is Cc1ccc(CC(=O)NCCCC(C)Cl)cc1. The van der Waals surface area contributed by atoms with Gasteiger partial charge < -0.3 is 5.32 Å². The highest BCUT2D eigenvalue weighted by Crippen LogP contribution is 2.04. The Morgan fingerprint density at radius 3 is 2.59 bits per heavy atom. The predicted molar refractivity (Wildman–Crippen MR) is 72.4 cm³/mol. The monoisotopic (exact) mass is 253 g/mol. The summed E-state index contributed by atoms with van der Waals surface area (Å²) in [5.41, 5.74) is 2.27. The number of benzene rings is 1. The fraction of sp³-hybridized carbons (Fsp3) is 0.500. The molecule has 0 bridgehead atoms. The van der Waals surface area contributed by atoms with E-state index in [2.05, 4.69) is 5.32 Å². The van der Waals surface area contributed by atoms with E-state index in [0.29, 0.717) is 13.0 Å². The molecule has 0 spiro atoms. The molecule has 1 amide bonds. The van der Waals surface area contributed by atoms with Crippen LogP contribution in [0.3, 0.4) is 0 Å². The molecule has 2 nitrogen and oxygen atoms in total. The molecule has 0 saturated carbocycles. The van der Waals surface area contributed by atoms with Crippen molar-refractivity contribution in [2.75, 3.05) is 6.54 Å². The van der Waals surface area contributed by atoms with Crippen LogP contribution in [-0.4, -0.2) is 17.8 Å². The quantitative estimate of drug-likeness (QED) is 0.613. The minimum absolute atomic E-state index is 0.0797. The van der Waals surface area contributed by atoms with E-state index in [-0.39, 0.29) is 11.3 Å². The molecule has 0 heterocycles. The van der Waals surface area contributed by atoms with Crippen molar-refractivity contribution in [1.29, 1.82) is 0 Å².